The maximum atomic E-state index is 12.7. The van der Waals surface area contributed by atoms with E-state index in [0.29, 0.717) is 28.3 Å². The summed E-state index contributed by atoms with van der Waals surface area (Å²) < 4.78 is 9.77. The molecule has 1 saturated heterocycles. The summed E-state index contributed by atoms with van der Waals surface area (Å²) in [4.78, 5) is 15.1. The zero-order valence-corrected chi connectivity index (χ0v) is 23.3. The Hall–Kier alpha value is -0.170. The van der Waals surface area contributed by atoms with Crippen molar-refractivity contribution in [3.05, 3.63) is 64.0 Å². The lowest BCUT2D eigenvalue weighted by molar-refractivity contribution is -0.122. The van der Waals surface area contributed by atoms with Crippen LogP contribution in [0, 0.1) is 13.1 Å². The molecule has 0 unspecified atom stereocenters. The minimum Gasteiger partial charge on any atom is -0.487 e. The van der Waals surface area contributed by atoms with Crippen molar-refractivity contribution < 1.29 is 9.53 Å². The molecule has 2 aromatic rings. The molecule has 1 amide bonds. The zero-order valence-electron chi connectivity index (χ0n) is 15.7. The van der Waals surface area contributed by atoms with E-state index in [-0.39, 0.29) is 5.91 Å². The fraction of sp³-hybridized carbons (Fsp3) is 0.238. The highest BCUT2D eigenvalue weighted by molar-refractivity contribution is 14.1. The average Bonchev–Trinajstić information content (AvgIpc) is 2.89. The maximum absolute atomic E-state index is 12.7. The largest absolute Gasteiger partial charge is 0.487 e. The summed E-state index contributed by atoms with van der Waals surface area (Å²) in [5.41, 5.74) is 2.08. The Labute approximate surface area is 216 Å². The molecule has 0 bridgehead atoms. The summed E-state index contributed by atoms with van der Waals surface area (Å²) in [5, 5.41) is 0. The highest BCUT2D eigenvalue weighted by atomic mass is 127. The zero-order chi connectivity index (χ0) is 21.1. The van der Waals surface area contributed by atoms with Gasteiger partial charge in [-0.05, 0) is 92.6 Å². The average molecular weight is 714 g/mol. The van der Waals surface area contributed by atoms with Crippen molar-refractivity contribution in [2.45, 2.75) is 20.5 Å². The van der Waals surface area contributed by atoms with Crippen LogP contribution in [0.15, 0.2) is 45.8 Å². The number of carbonyl (C=O) groups excluding carboxylic acids is 1. The molecule has 3 rings (SSSR count). The maximum Gasteiger partial charge on any atom is 0.266 e. The van der Waals surface area contributed by atoms with Crippen LogP contribution in [0.25, 0.3) is 6.08 Å². The highest BCUT2D eigenvalue weighted by Crippen LogP contribution is 2.35. The van der Waals surface area contributed by atoms with E-state index in [1.54, 1.807) is 4.90 Å². The smallest absolute Gasteiger partial charge is 0.266 e. The minimum atomic E-state index is -0.00530. The Balaban J connectivity index is 1.77. The second-order valence-electron chi connectivity index (χ2n) is 6.91. The van der Waals surface area contributed by atoms with Gasteiger partial charge in [0.25, 0.3) is 5.91 Å². The summed E-state index contributed by atoms with van der Waals surface area (Å²) in [5.74, 6) is 1.23. The van der Waals surface area contributed by atoms with Gasteiger partial charge in [0.05, 0.1) is 12.0 Å². The Bertz CT molecular complexity index is 954. The molecule has 1 fully saturated rings. The number of halogens is 3. The Morgan fingerprint density at radius 1 is 1.21 bits per heavy atom. The lowest BCUT2D eigenvalue weighted by Gasteiger charge is -2.16. The number of thiocarbonyl (C=S) groups is 1. The first kappa shape index (κ1) is 23.5. The van der Waals surface area contributed by atoms with Gasteiger partial charge in [0.1, 0.15) is 16.7 Å². The van der Waals surface area contributed by atoms with Crippen LogP contribution in [0.1, 0.15) is 25.0 Å². The third-order valence-corrected chi connectivity index (χ3v) is 7.55. The van der Waals surface area contributed by atoms with Crippen molar-refractivity contribution in [2.24, 2.45) is 5.92 Å². The highest BCUT2D eigenvalue weighted by Gasteiger charge is 2.32. The fourth-order valence-electron chi connectivity index (χ4n) is 2.71. The summed E-state index contributed by atoms with van der Waals surface area (Å²) in [7, 11) is 0. The van der Waals surface area contributed by atoms with E-state index >= 15 is 0 Å². The summed E-state index contributed by atoms with van der Waals surface area (Å²) in [6.07, 6.45) is 1.92. The van der Waals surface area contributed by atoms with Crippen LogP contribution in [0.4, 0.5) is 0 Å². The second-order valence-corrected chi connectivity index (χ2v) is 11.8. The topological polar surface area (TPSA) is 29.5 Å². The van der Waals surface area contributed by atoms with E-state index in [4.69, 9.17) is 17.0 Å². The van der Waals surface area contributed by atoms with E-state index in [1.165, 1.54) is 11.8 Å². The first-order chi connectivity index (χ1) is 13.7. The van der Waals surface area contributed by atoms with E-state index in [2.05, 4.69) is 75.0 Å². The van der Waals surface area contributed by atoms with Gasteiger partial charge in [0.2, 0.25) is 0 Å². The van der Waals surface area contributed by atoms with Crippen molar-refractivity contribution in [1.29, 1.82) is 0 Å². The van der Waals surface area contributed by atoms with Crippen LogP contribution in [0.2, 0.25) is 0 Å². The number of hydrogen-bond donors (Lipinski definition) is 0. The molecule has 3 nitrogen and oxygen atoms in total. The molecule has 0 N–H and O–H groups in total. The molecule has 0 aromatic heterocycles. The third kappa shape index (κ3) is 6.18. The number of nitrogens with zero attached hydrogens (tertiary/aromatic N) is 1. The van der Waals surface area contributed by atoms with Crippen LogP contribution in [0.5, 0.6) is 5.75 Å². The molecule has 8 heteroatoms. The second kappa shape index (κ2) is 10.4. The number of ether oxygens (including phenoxy) is 1. The first-order valence-corrected chi connectivity index (χ1v) is 13.0. The molecule has 1 aliphatic rings. The van der Waals surface area contributed by atoms with Gasteiger partial charge in [0.15, 0.2) is 0 Å². The van der Waals surface area contributed by atoms with Gasteiger partial charge in [-0.15, -0.1) is 0 Å². The van der Waals surface area contributed by atoms with Crippen LogP contribution < -0.4 is 4.74 Å². The number of hydrogen-bond acceptors (Lipinski definition) is 4. The van der Waals surface area contributed by atoms with Crippen molar-refractivity contribution in [2.75, 3.05) is 6.54 Å². The molecule has 0 radical (unpaired) electrons. The van der Waals surface area contributed by atoms with Gasteiger partial charge < -0.3 is 4.74 Å². The van der Waals surface area contributed by atoms with Crippen LogP contribution in [-0.4, -0.2) is 21.7 Å². The molecule has 1 heterocycles. The van der Waals surface area contributed by atoms with Gasteiger partial charge in [-0.1, -0.05) is 65.9 Å². The fourth-order valence-corrected chi connectivity index (χ4v) is 6.38. The summed E-state index contributed by atoms with van der Waals surface area (Å²) in [6, 6.07) is 12.2. The number of amides is 1. The predicted molar refractivity (Wildman–Crippen MR) is 145 cm³/mol. The van der Waals surface area contributed by atoms with Crippen molar-refractivity contribution in [3.8, 4) is 5.75 Å². The van der Waals surface area contributed by atoms with Crippen molar-refractivity contribution in [3.63, 3.8) is 0 Å². The standard InChI is InChI=1S/C21H18BrI2NO2S2/c1-12(2)10-25-20(26)18(29-21(25)28)9-14-7-16(23)19(17(24)8-14)27-11-13-3-5-15(22)6-4-13/h3-9,12H,10-11H2,1-2H3/b18-9-. The molecule has 152 valence electrons. The molecule has 1 aliphatic heterocycles. The molecular weight excluding hydrogens is 696 g/mol. The number of thioether (sulfide) groups is 1. The molecule has 0 aliphatic carbocycles. The number of rotatable bonds is 6. The Morgan fingerprint density at radius 3 is 2.41 bits per heavy atom. The van der Waals surface area contributed by atoms with E-state index in [9.17, 15) is 4.79 Å². The van der Waals surface area contributed by atoms with Crippen LogP contribution >= 0.6 is 85.1 Å². The summed E-state index contributed by atoms with van der Waals surface area (Å²) >= 11 is 14.8. The molecule has 0 saturated carbocycles. The van der Waals surface area contributed by atoms with Crippen LogP contribution in [-0.2, 0) is 11.4 Å². The SMILES string of the molecule is CC(C)CN1C(=O)/C(=C/c2cc(I)c(OCc3ccc(Br)cc3)c(I)c2)SC1=S. The lowest BCUT2D eigenvalue weighted by Crippen LogP contribution is -2.31. The third-order valence-electron chi connectivity index (χ3n) is 4.04. The number of carbonyl (C=O) groups is 1. The predicted octanol–water partition coefficient (Wildman–Crippen LogP) is 7.09. The number of benzene rings is 2. The molecule has 0 atom stereocenters. The summed E-state index contributed by atoms with van der Waals surface area (Å²) in [6.45, 7) is 5.33. The molecule has 29 heavy (non-hydrogen) atoms. The Morgan fingerprint density at radius 2 is 1.83 bits per heavy atom. The van der Waals surface area contributed by atoms with Gasteiger partial charge in [0, 0.05) is 11.0 Å². The van der Waals surface area contributed by atoms with E-state index in [0.717, 1.165) is 28.5 Å². The normalized spacial score (nSPS) is 15.7. The first-order valence-electron chi connectivity index (χ1n) is 8.86. The molecule has 0 spiro atoms. The van der Waals surface area contributed by atoms with Gasteiger partial charge >= 0.3 is 0 Å². The van der Waals surface area contributed by atoms with Gasteiger partial charge in [-0.3, -0.25) is 9.69 Å². The van der Waals surface area contributed by atoms with Gasteiger partial charge in [-0.25, -0.2) is 0 Å². The van der Waals surface area contributed by atoms with Gasteiger partial charge in [-0.2, -0.15) is 0 Å². The lowest BCUT2D eigenvalue weighted by atomic mass is 10.2. The molecular formula is C21H18BrI2NO2S2. The minimum absolute atomic E-state index is 0.00530. The Kier molecular flexibility index (Phi) is 8.45. The van der Waals surface area contributed by atoms with E-state index < -0.39 is 0 Å². The molecule has 2 aromatic carbocycles. The van der Waals surface area contributed by atoms with Crippen molar-refractivity contribution >= 4 is 101 Å². The van der Waals surface area contributed by atoms with Crippen LogP contribution in [0.3, 0.4) is 0 Å². The van der Waals surface area contributed by atoms with Crippen molar-refractivity contribution in [1.82, 2.24) is 4.90 Å². The quantitative estimate of drug-likeness (QED) is 0.182. The van der Waals surface area contributed by atoms with E-state index in [1.807, 2.05) is 42.5 Å². The monoisotopic (exact) mass is 713 g/mol.